The standard InChI is InChI=1S/C8H9BrN4/c1-10-8-6-5(3-4-11-8)13(2)12-7(6)9/h3-4H,1-2H3,(H,10,11). The number of nitrogens with one attached hydrogen (secondary N) is 1. The minimum Gasteiger partial charge on any atom is -0.373 e. The maximum atomic E-state index is 4.25. The van der Waals surface area contributed by atoms with Gasteiger partial charge in [0.25, 0.3) is 0 Å². The second-order valence-corrected chi connectivity index (χ2v) is 3.47. The lowest BCUT2D eigenvalue weighted by atomic mass is 10.3. The first-order chi connectivity index (χ1) is 6.24. The molecule has 0 fully saturated rings. The van der Waals surface area contributed by atoms with E-state index in [1.807, 2.05) is 24.8 Å². The first-order valence-corrected chi connectivity index (χ1v) is 4.68. The van der Waals surface area contributed by atoms with Crippen LogP contribution in [0.1, 0.15) is 0 Å². The Morgan fingerprint density at radius 3 is 3.00 bits per heavy atom. The van der Waals surface area contributed by atoms with Crippen LogP contribution in [0.4, 0.5) is 5.82 Å². The topological polar surface area (TPSA) is 42.7 Å². The molecule has 68 valence electrons. The fraction of sp³-hybridized carbons (Fsp3) is 0.250. The van der Waals surface area contributed by atoms with Gasteiger partial charge in [0.05, 0.1) is 10.9 Å². The van der Waals surface area contributed by atoms with Crippen LogP contribution in [0, 0.1) is 0 Å². The molecule has 2 rings (SSSR count). The first kappa shape index (κ1) is 8.50. The van der Waals surface area contributed by atoms with E-state index >= 15 is 0 Å². The molecule has 0 radical (unpaired) electrons. The lowest BCUT2D eigenvalue weighted by molar-refractivity contribution is 0.788. The molecule has 0 aliphatic carbocycles. The lowest BCUT2D eigenvalue weighted by Crippen LogP contribution is -1.93. The van der Waals surface area contributed by atoms with Crippen molar-refractivity contribution in [1.82, 2.24) is 14.8 Å². The highest BCUT2D eigenvalue weighted by atomic mass is 79.9. The summed E-state index contributed by atoms with van der Waals surface area (Å²) in [5.41, 5.74) is 1.06. The summed E-state index contributed by atoms with van der Waals surface area (Å²) in [5.74, 6) is 0.845. The second kappa shape index (κ2) is 2.99. The summed E-state index contributed by atoms with van der Waals surface area (Å²) >= 11 is 3.40. The number of halogens is 1. The first-order valence-electron chi connectivity index (χ1n) is 3.89. The maximum Gasteiger partial charge on any atom is 0.139 e. The molecule has 0 unspecified atom stereocenters. The van der Waals surface area contributed by atoms with Crippen LogP contribution in [0.2, 0.25) is 0 Å². The van der Waals surface area contributed by atoms with E-state index in [0.29, 0.717) is 0 Å². The molecule has 0 aliphatic heterocycles. The number of hydrogen-bond donors (Lipinski definition) is 1. The summed E-state index contributed by atoms with van der Waals surface area (Å²) in [6, 6.07) is 1.94. The zero-order valence-corrected chi connectivity index (χ0v) is 8.96. The average Bonchev–Trinajstić information content (AvgIpc) is 2.43. The van der Waals surface area contributed by atoms with E-state index in [1.54, 1.807) is 6.20 Å². The molecule has 2 aromatic heterocycles. The van der Waals surface area contributed by atoms with Crippen LogP contribution >= 0.6 is 15.9 Å². The molecule has 2 heterocycles. The molecule has 2 aromatic rings. The van der Waals surface area contributed by atoms with Gasteiger partial charge in [-0.15, -0.1) is 0 Å². The van der Waals surface area contributed by atoms with E-state index in [9.17, 15) is 0 Å². The quantitative estimate of drug-likeness (QED) is 0.827. The number of anilines is 1. The molecule has 0 aromatic carbocycles. The zero-order valence-electron chi connectivity index (χ0n) is 7.37. The third kappa shape index (κ3) is 1.19. The summed E-state index contributed by atoms with van der Waals surface area (Å²) in [5, 5.41) is 8.30. The van der Waals surface area contributed by atoms with Crippen molar-refractivity contribution >= 4 is 32.7 Å². The van der Waals surface area contributed by atoms with Gasteiger partial charge in [0, 0.05) is 20.3 Å². The van der Waals surface area contributed by atoms with Crippen molar-refractivity contribution < 1.29 is 0 Å². The van der Waals surface area contributed by atoms with Crippen LogP contribution in [0.15, 0.2) is 16.9 Å². The molecule has 5 heteroatoms. The van der Waals surface area contributed by atoms with Gasteiger partial charge in [-0.25, -0.2) is 4.98 Å². The molecular formula is C8H9BrN4. The Hall–Kier alpha value is -1.10. The van der Waals surface area contributed by atoms with Gasteiger partial charge in [-0.2, -0.15) is 5.10 Å². The Morgan fingerprint density at radius 1 is 1.54 bits per heavy atom. The molecule has 0 saturated heterocycles. The van der Waals surface area contributed by atoms with E-state index in [-0.39, 0.29) is 0 Å². The van der Waals surface area contributed by atoms with Gasteiger partial charge >= 0.3 is 0 Å². The number of hydrogen-bond acceptors (Lipinski definition) is 3. The van der Waals surface area contributed by atoms with E-state index in [0.717, 1.165) is 21.3 Å². The number of rotatable bonds is 1. The summed E-state index contributed by atoms with van der Waals surface area (Å²) in [7, 11) is 3.76. The summed E-state index contributed by atoms with van der Waals surface area (Å²) in [4.78, 5) is 4.21. The fourth-order valence-corrected chi connectivity index (χ4v) is 1.98. The molecule has 0 aliphatic rings. The van der Waals surface area contributed by atoms with Crippen molar-refractivity contribution in [2.24, 2.45) is 7.05 Å². The van der Waals surface area contributed by atoms with Crippen LogP contribution in [-0.2, 0) is 7.05 Å². The fourth-order valence-electron chi connectivity index (χ4n) is 1.35. The minimum absolute atomic E-state index is 0.822. The molecule has 4 nitrogen and oxygen atoms in total. The predicted molar refractivity (Wildman–Crippen MR) is 55.8 cm³/mol. The van der Waals surface area contributed by atoms with Crippen molar-refractivity contribution in [2.75, 3.05) is 12.4 Å². The van der Waals surface area contributed by atoms with E-state index in [1.165, 1.54) is 0 Å². The van der Waals surface area contributed by atoms with Crippen molar-refractivity contribution in [2.45, 2.75) is 0 Å². The third-order valence-electron chi connectivity index (χ3n) is 1.96. The number of nitrogens with zero attached hydrogens (tertiary/aromatic N) is 3. The van der Waals surface area contributed by atoms with Crippen LogP contribution in [0.5, 0.6) is 0 Å². The van der Waals surface area contributed by atoms with Gasteiger partial charge in [0.15, 0.2) is 0 Å². The number of pyridine rings is 1. The van der Waals surface area contributed by atoms with Crippen LogP contribution in [0.3, 0.4) is 0 Å². The third-order valence-corrected chi connectivity index (χ3v) is 2.51. The molecule has 1 N–H and O–H groups in total. The van der Waals surface area contributed by atoms with Gasteiger partial charge in [-0.05, 0) is 22.0 Å². The summed E-state index contributed by atoms with van der Waals surface area (Å²) < 4.78 is 2.64. The summed E-state index contributed by atoms with van der Waals surface area (Å²) in [6.45, 7) is 0. The van der Waals surface area contributed by atoms with E-state index in [2.05, 4.69) is 31.3 Å². The Kier molecular flexibility index (Phi) is 1.95. The molecule has 13 heavy (non-hydrogen) atoms. The van der Waals surface area contributed by atoms with Crippen molar-refractivity contribution in [1.29, 1.82) is 0 Å². The molecule has 0 amide bonds. The summed E-state index contributed by atoms with van der Waals surface area (Å²) in [6.07, 6.45) is 1.77. The molecule has 0 bridgehead atoms. The van der Waals surface area contributed by atoms with Crippen molar-refractivity contribution in [3.8, 4) is 0 Å². The van der Waals surface area contributed by atoms with Crippen LogP contribution < -0.4 is 5.32 Å². The van der Waals surface area contributed by atoms with Gasteiger partial charge in [-0.1, -0.05) is 0 Å². The van der Waals surface area contributed by atoms with Crippen molar-refractivity contribution in [3.63, 3.8) is 0 Å². The van der Waals surface area contributed by atoms with E-state index < -0.39 is 0 Å². The SMILES string of the molecule is CNc1nccc2c1c(Br)nn2C. The highest BCUT2D eigenvalue weighted by Gasteiger charge is 2.09. The predicted octanol–water partition coefficient (Wildman–Crippen LogP) is 1.77. The number of fused-ring (bicyclic) bond motifs is 1. The highest BCUT2D eigenvalue weighted by Crippen LogP contribution is 2.27. The Bertz CT molecular complexity index is 449. The number of aromatic nitrogens is 3. The normalized spacial score (nSPS) is 10.7. The largest absolute Gasteiger partial charge is 0.373 e. The molecule has 0 saturated carbocycles. The minimum atomic E-state index is 0.822. The monoisotopic (exact) mass is 240 g/mol. The molecule has 0 spiro atoms. The van der Waals surface area contributed by atoms with Crippen LogP contribution in [-0.4, -0.2) is 21.8 Å². The van der Waals surface area contributed by atoms with E-state index in [4.69, 9.17) is 0 Å². The Labute approximate surface area is 84.1 Å². The maximum absolute atomic E-state index is 4.25. The van der Waals surface area contributed by atoms with Gasteiger partial charge < -0.3 is 5.32 Å². The van der Waals surface area contributed by atoms with Gasteiger partial charge in [-0.3, -0.25) is 4.68 Å². The lowest BCUT2D eigenvalue weighted by Gasteiger charge is -1.99. The molecule has 0 atom stereocenters. The smallest absolute Gasteiger partial charge is 0.139 e. The number of aryl methyl sites for hydroxylation is 1. The Morgan fingerprint density at radius 2 is 2.31 bits per heavy atom. The second-order valence-electron chi connectivity index (χ2n) is 2.72. The van der Waals surface area contributed by atoms with Gasteiger partial charge in [0.1, 0.15) is 10.4 Å². The zero-order chi connectivity index (χ0) is 9.42. The Balaban J connectivity index is 2.88. The highest BCUT2D eigenvalue weighted by molar-refractivity contribution is 9.10. The van der Waals surface area contributed by atoms with Crippen molar-refractivity contribution in [3.05, 3.63) is 16.9 Å². The van der Waals surface area contributed by atoms with Gasteiger partial charge in [0.2, 0.25) is 0 Å². The average molecular weight is 241 g/mol. The van der Waals surface area contributed by atoms with Crippen LogP contribution in [0.25, 0.3) is 10.9 Å². The molecular weight excluding hydrogens is 232 g/mol.